The van der Waals surface area contributed by atoms with E-state index >= 15 is 0 Å². The molecule has 1 atom stereocenters. The lowest BCUT2D eigenvalue weighted by Gasteiger charge is -2.18. The normalized spacial score (nSPS) is 12.3. The van der Waals surface area contributed by atoms with Crippen molar-refractivity contribution in [1.82, 2.24) is 5.32 Å². The monoisotopic (exact) mass is 293 g/mol. The van der Waals surface area contributed by atoms with Crippen LogP contribution in [0.4, 0.5) is 4.39 Å². The summed E-state index contributed by atoms with van der Waals surface area (Å²) in [5, 5.41) is 3.78. The molecule has 2 aromatic rings. The zero-order chi connectivity index (χ0) is 14.4. The number of nitrogens with one attached hydrogen (secondary N) is 1. The molecule has 0 amide bonds. The van der Waals surface area contributed by atoms with E-state index in [0.717, 1.165) is 11.1 Å². The molecule has 0 saturated carbocycles. The first kappa shape index (κ1) is 15.0. The van der Waals surface area contributed by atoms with Crippen LogP contribution in [0.3, 0.4) is 0 Å². The Bertz CT molecular complexity index is 544. The van der Waals surface area contributed by atoms with Crippen molar-refractivity contribution in [2.24, 2.45) is 0 Å². The van der Waals surface area contributed by atoms with Crippen LogP contribution in [0.1, 0.15) is 17.2 Å². The summed E-state index contributed by atoms with van der Waals surface area (Å²) in [6.45, 7) is 1.12. The SMILES string of the molecule is CNCC(OCc1cccc(Cl)c1)c1ccc(F)cc1. The number of rotatable bonds is 6. The van der Waals surface area contributed by atoms with Crippen molar-refractivity contribution < 1.29 is 9.13 Å². The molecule has 0 bridgehead atoms. The molecule has 0 heterocycles. The van der Waals surface area contributed by atoms with Crippen molar-refractivity contribution >= 4 is 11.6 Å². The Balaban J connectivity index is 2.04. The highest BCUT2D eigenvalue weighted by Gasteiger charge is 2.11. The number of likely N-dealkylation sites (N-methyl/N-ethyl adjacent to an activating group) is 1. The fourth-order valence-electron chi connectivity index (χ4n) is 1.96. The lowest BCUT2D eigenvalue weighted by atomic mass is 10.1. The van der Waals surface area contributed by atoms with Crippen molar-refractivity contribution in [2.45, 2.75) is 12.7 Å². The summed E-state index contributed by atoms with van der Waals surface area (Å²) in [7, 11) is 1.86. The molecule has 0 saturated heterocycles. The van der Waals surface area contributed by atoms with E-state index in [1.54, 1.807) is 12.1 Å². The predicted molar refractivity (Wildman–Crippen MR) is 79.3 cm³/mol. The fourth-order valence-corrected chi connectivity index (χ4v) is 2.17. The maximum atomic E-state index is 13.0. The maximum Gasteiger partial charge on any atom is 0.123 e. The molecular weight excluding hydrogens is 277 g/mol. The third-order valence-electron chi connectivity index (χ3n) is 2.97. The highest BCUT2D eigenvalue weighted by molar-refractivity contribution is 6.30. The molecule has 106 valence electrons. The Hall–Kier alpha value is -1.42. The molecular formula is C16H17ClFNO. The van der Waals surface area contributed by atoms with E-state index in [1.807, 2.05) is 31.3 Å². The Kier molecular flexibility index (Phi) is 5.53. The molecule has 0 aliphatic rings. The van der Waals surface area contributed by atoms with E-state index < -0.39 is 0 Å². The number of benzene rings is 2. The highest BCUT2D eigenvalue weighted by atomic mass is 35.5. The smallest absolute Gasteiger partial charge is 0.123 e. The lowest BCUT2D eigenvalue weighted by molar-refractivity contribution is 0.0410. The summed E-state index contributed by atoms with van der Waals surface area (Å²) < 4.78 is 18.9. The molecule has 2 aromatic carbocycles. The maximum absolute atomic E-state index is 13.0. The third kappa shape index (κ3) is 4.30. The molecule has 0 aromatic heterocycles. The van der Waals surface area contributed by atoms with E-state index in [0.29, 0.717) is 18.2 Å². The quantitative estimate of drug-likeness (QED) is 0.870. The van der Waals surface area contributed by atoms with Crippen LogP contribution in [-0.2, 0) is 11.3 Å². The van der Waals surface area contributed by atoms with E-state index in [-0.39, 0.29) is 11.9 Å². The van der Waals surface area contributed by atoms with E-state index in [4.69, 9.17) is 16.3 Å². The molecule has 2 nitrogen and oxygen atoms in total. The first-order valence-corrected chi connectivity index (χ1v) is 6.83. The summed E-state index contributed by atoms with van der Waals surface area (Å²) in [4.78, 5) is 0. The van der Waals surface area contributed by atoms with Crippen LogP contribution in [0.25, 0.3) is 0 Å². The molecule has 1 unspecified atom stereocenters. The summed E-state index contributed by atoms with van der Waals surface area (Å²) in [6.07, 6.45) is -0.125. The molecule has 0 aliphatic carbocycles. The van der Waals surface area contributed by atoms with Crippen molar-refractivity contribution in [2.75, 3.05) is 13.6 Å². The lowest BCUT2D eigenvalue weighted by Crippen LogP contribution is -2.19. The molecule has 20 heavy (non-hydrogen) atoms. The molecule has 0 spiro atoms. The van der Waals surface area contributed by atoms with Gasteiger partial charge in [0.05, 0.1) is 12.7 Å². The largest absolute Gasteiger partial charge is 0.368 e. The number of hydrogen-bond acceptors (Lipinski definition) is 2. The van der Waals surface area contributed by atoms with Crippen molar-refractivity contribution in [3.8, 4) is 0 Å². The van der Waals surface area contributed by atoms with Gasteiger partial charge in [0, 0.05) is 11.6 Å². The van der Waals surface area contributed by atoms with E-state index in [1.165, 1.54) is 12.1 Å². The topological polar surface area (TPSA) is 21.3 Å². The molecule has 4 heteroatoms. The second kappa shape index (κ2) is 7.39. The average molecular weight is 294 g/mol. The van der Waals surface area contributed by atoms with E-state index in [2.05, 4.69) is 5.32 Å². The minimum atomic E-state index is -0.244. The minimum Gasteiger partial charge on any atom is -0.368 e. The molecule has 0 aliphatic heterocycles. The van der Waals surface area contributed by atoms with Gasteiger partial charge in [-0.3, -0.25) is 0 Å². The second-order valence-corrected chi connectivity index (χ2v) is 4.98. The van der Waals surface area contributed by atoms with Gasteiger partial charge in [0.15, 0.2) is 0 Å². The zero-order valence-corrected chi connectivity index (χ0v) is 12.0. The van der Waals surface area contributed by atoms with Crippen LogP contribution in [0.5, 0.6) is 0 Å². The summed E-state index contributed by atoms with van der Waals surface area (Å²) in [6, 6.07) is 13.9. The van der Waals surface area contributed by atoms with Gasteiger partial charge in [-0.1, -0.05) is 35.9 Å². The Morgan fingerprint density at radius 1 is 1.20 bits per heavy atom. The number of ether oxygens (including phenoxy) is 1. The summed E-state index contributed by atoms with van der Waals surface area (Å²) >= 11 is 5.95. The summed E-state index contributed by atoms with van der Waals surface area (Å²) in [5.41, 5.74) is 1.96. The van der Waals surface area contributed by atoms with Gasteiger partial charge in [-0.15, -0.1) is 0 Å². The predicted octanol–water partition coefficient (Wildman–Crippen LogP) is 3.96. The van der Waals surface area contributed by atoms with Crippen LogP contribution in [0, 0.1) is 5.82 Å². The van der Waals surface area contributed by atoms with Gasteiger partial charge in [0.25, 0.3) is 0 Å². The standard InChI is InChI=1S/C16H17ClFNO/c1-19-10-16(13-5-7-15(18)8-6-13)20-11-12-3-2-4-14(17)9-12/h2-9,16,19H,10-11H2,1H3. The van der Waals surface area contributed by atoms with Crippen molar-refractivity contribution in [1.29, 1.82) is 0 Å². The van der Waals surface area contributed by atoms with Gasteiger partial charge in [-0.2, -0.15) is 0 Å². The van der Waals surface area contributed by atoms with Crippen molar-refractivity contribution in [3.05, 3.63) is 70.5 Å². The number of halogens is 2. The zero-order valence-electron chi connectivity index (χ0n) is 11.3. The number of hydrogen-bond donors (Lipinski definition) is 1. The molecule has 0 fully saturated rings. The van der Waals surface area contributed by atoms with Crippen LogP contribution in [-0.4, -0.2) is 13.6 Å². The first-order valence-electron chi connectivity index (χ1n) is 6.45. The Labute approximate surface area is 123 Å². The summed E-state index contributed by atoms with van der Waals surface area (Å²) in [5.74, 6) is -0.244. The van der Waals surface area contributed by atoms with Gasteiger partial charge in [0.1, 0.15) is 5.82 Å². The van der Waals surface area contributed by atoms with Crippen LogP contribution in [0.15, 0.2) is 48.5 Å². The van der Waals surface area contributed by atoms with Crippen molar-refractivity contribution in [3.63, 3.8) is 0 Å². The highest BCUT2D eigenvalue weighted by Crippen LogP contribution is 2.20. The van der Waals surface area contributed by atoms with E-state index in [9.17, 15) is 4.39 Å². The van der Waals surface area contributed by atoms with Crippen LogP contribution in [0.2, 0.25) is 5.02 Å². The average Bonchev–Trinajstić information content (AvgIpc) is 2.44. The fraction of sp³-hybridized carbons (Fsp3) is 0.250. The van der Waals surface area contributed by atoms with Gasteiger partial charge in [0.2, 0.25) is 0 Å². The first-order chi connectivity index (χ1) is 9.69. The molecule has 1 N–H and O–H groups in total. The van der Waals surface area contributed by atoms with Gasteiger partial charge >= 0.3 is 0 Å². The minimum absolute atomic E-state index is 0.125. The molecule has 0 radical (unpaired) electrons. The van der Waals surface area contributed by atoms with Crippen LogP contribution >= 0.6 is 11.6 Å². The van der Waals surface area contributed by atoms with Gasteiger partial charge in [-0.25, -0.2) is 4.39 Å². The van der Waals surface area contributed by atoms with Crippen LogP contribution < -0.4 is 5.32 Å². The third-order valence-corrected chi connectivity index (χ3v) is 3.21. The van der Waals surface area contributed by atoms with Gasteiger partial charge in [-0.05, 0) is 42.4 Å². The Morgan fingerprint density at radius 3 is 2.60 bits per heavy atom. The second-order valence-electron chi connectivity index (χ2n) is 4.54. The Morgan fingerprint density at radius 2 is 1.95 bits per heavy atom. The molecule has 2 rings (SSSR count). The van der Waals surface area contributed by atoms with Gasteiger partial charge < -0.3 is 10.1 Å².